The molecule has 0 aliphatic rings. The molecule has 9 nitrogen and oxygen atoms in total. The van der Waals surface area contributed by atoms with E-state index in [4.69, 9.17) is 0 Å². The molecule has 118 valence electrons. The summed E-state index contributed by atoms with van der Waals surface area (Å²) in [5.74, 6) is -0.685. The highest BCUT2D eigenvalue weighted by molar-refractivity contribution is 5.92. The molecule has 2 heterocycles. The summed E-state index contributed by atoms with van der Waals surface area (Å²) in [6.07, 6.45) is 0. The molecule has 0 fully saturated rings. The number of aryl methyl sites for hydroxylation is 2. The highest BCUT2D eigenvalue weighted by Gasteiger charge is 2.22. The van der Waals surface area contributed by atoms with Crippen molar-refractivity contribution in [2.45, 2.75) is 33.9 Å². The fourth-order valence-corrected chi connectivity index (χ4v) is 2.29. The number of hydrogen-bond acceptors (Lipinski definition) is 5. The molecular formula is C13H18N6O3. The second-order valence-corrected chi connectivity index (χ2v) is 5.02. The predicted octanol–water partition coefficient (Wildman–Crippen LogP) is 1.42. The van der Waals surface area contributed by atoms with E-state index in [0.29, 0.717) is 6.54 Å². The minimum Gasteiger partial charge on any atom is -0.358 e. The zero-order chi connectivity index (χ0) is 16.4. The molecule has 9 heteroatoms. The summed E-state index contributed by atoms with van der Waals surface area (Å²) >= 11 is 0. The molecule has 0 radical (unpaired) electrons. The number of carbonyl (C=O) groups excluding carboxylic acids is 1. The summed E-state index contributed by atoms with van der Waals surface area (Å²) in [4.78, 5) is 23.7. The van der Waals surface area contributed by atoms with Crippen LogP contribution in [0.25, 0.3) is 0 Å². The zero-order valence-corrected chi connectivity index (χ0v) is 13.0. The van der Waals surface area contributed by atoms with Crippen LogP contribution in [0.1, 0.15) is 34.4 Å². The van der Waals surface area contributed by atoms with Crippen LogP contribution in [0, 0.1) is 24.0 Å². The molecule has 0 aliphatic carbocycles. The first kappa shape index (κ1) is 15.7. The number of nitro groups is 1. The number of hydrogen-bond donors (Lipinski definition) is 1. The van der Waals surface area contributed by atoms with Crippen LogP contribution in [0.15, 0.2) is 6.07 Å². The van der Waals surface area contributed by atoms with E-state index in [0.717, 1.165) is 29.6 Å². The maximum atomic E-state index is 12.3. The van der Waals surface area contributed by atoms with Crippen LogP contribution in [0.5, 0.6) is 0 Å². The van der Waals surface area contributed by atoms with Crippen LogP contribution in [-0.4, -0.2) is 42.8 Å². The van der Waals surface area contributed by atoms with Crippen molar-refractivity contribution in [1.29, 1.82) is 0 Å². The lowest BCUT2D eigenvalue weighted by Crippen LogP contribution is -2.27. The average Bonchev–Trinajstić information content (AvgIpc) is 3.06. The third kappa shape index (κ3) is 2.83. The second-order valence-electron chi connectivity index (χ2n) is 5.02. The lowest BCUT2D eigenvalue weighted by atomic mass is 10.2. The minimum atomic E-state index is -0.622. The molecule has 22 heavy (non-hydrogen) atoms. The Bertz CT molecular complexity index is 717. The Morgan fingerprint density at radius 1 is 1.50 bits per heavy atom. The van der Waals surface area contributed by atoms with E-state index in [9.17, 15) is 14.9 Å². The van der Waals surface area contributed by atoms with Gasteiger partial charge in [0.2, 0.25) is 0 Å². The van der Waals surface area contributed by atoms with Crippen molar-refractivity contribution in [3.63, 3.8) is 0 Å². The Kier molecular flexibility index (Phi) is 4.25. The van der Waals surface area contributed by atoms with Gasteiger partial charge < -0.3 is 15.0 Å². The molecule has 0 bridgehead atoms. The summed E-state index contributed by atoms with van der Waals surface area (Å²) in [6, 6.07) is 1.13. The van der Waals surface area contributed by atoms with E-state index >= 15 is 0 Å². The van der Waals surface area contributed by atoms with Crippen molar-refractivity contribution >= 4 is 11.7 Å². The van der Waals surface area contributed by atoms with Gasteiger partial charge in [0.25, 0.3) is 5.91 Å². The smallest absolute Gasteiger partial charge is 0.343 e. The standard InChI is InChI=1S/C13H18N6O3/c1-5-18-9(3)10(8(2)16-18)7-17(4)13(20)11-6-12(15-14-11)19(21)22/h6H,5,7H2,1-4H3,(H,14,15). The highest BCUT2D eigenvalue weighted by atomic mass is 16.6. The van der Waals surface area contributed by atoms with Gasteiger partial charge in [0, 0.05) is 31.4 Å². The van der Waals surface area contributed by atoms with Gasteiger partial charge in [-0.05, 0) is 25.7 Å². The van der Waals surface area contributed by atoms with E-state index < -0.39 is 4.92 Å². The van der Waals surface area contributed by atoms with Crippen LogP contribution in [0.3, 0.4) is 0 Å². The largest absolute Gasteiger partial charge is 0.358 e. The Morgan fingerprint density at radius 2 is 2.18 bits per heavy atom. The van der Waals surface area contributed by atoms with E-state index in [-0.39, 0.29) is 17.4 Å². The van der Waals surface area contributed by atoms with Gasteiger partial charge in [-0.15, -0.1) is 5.10 Å². The van der Waals surface area contributed by atoms with Crippen LogP contribution in [0.2, 0.25) is 0 Å². The predicted molar refractivity (Wildman–Crippen MR) is 78.4 cm³/mol. The molecule has 2 aromatic heterocycles. The SMILES string of the molecule is CCn1nc(C)c(CN(C)C(=O)c2cc([N+](=O)[O-])[nH]n2)c1C. The van der Waals surface area contributed by atoms with Crippen molar-refractivity contribution in [2.75, 3.05) is 7.05 Å². The Balaban J connectivity index is 2.17. The maximum absolute atomic E-state index is 12.3. The van der Waals surface area contributed by atoms with Gasteiger partial charge in [-0.25, -0.2) is 0 Å². The Morgan fingerprint density at radius 3 is 2.68 bits per heavy atom. The monoisotopic (exact) mass is 306 g/mol. The number of carbonyl (C=O) groups is 1. The first-order valence-electron chi connectivity index (χ1n) is 6.83. The number of aromatic nitrogens is 4. The van der Waals surface area contributed by atoms with Gasteiger partial charge in [0.05, 0.1) is 11.8 Å². The van der Waals surface area contributed by atoms with Crippen molar-refractivity contribution in [2.24, 2.45) is 0 Å². The van der Waals surface area contributed by atoms with E-state index in [1.165, 1.54) is 4.90 Å². The Labute approximate surface area is 127 Å². The summed E-state index contributed by atoms with van der Waals surface area (Å²) in [5, 5.41) is 20.9. The van der Waals surface area contributed by atoms with Crippen molar-refractivity contribution in [1.82, 2.24) is 24.9 Å². The van der Waals surface area contributed by atoms with E-state index in [2.05, 4.69) is 15.3 Å². The van der Waals surface area contributed by atoms with Gasteiger partial charge in [0.1, 0.15) is 0 Å². The normalized spacial score (nSPS) is 10.7. The maximum Gasteiger partial charge on any atom is 0.343 e. The lowest BCUT2D eigenvalue weighted by Gasteiger charge is -2.15. The molecule has 0 aliphatic heterocycles. The van der Waals surface area contributed by atoms with Gasteiger partial charge in [0.15, 0.2) is 5.69 Å². The average molecular weight is 306 g/mol. The van der Waals surface area contributed by atoms with E-state index in [1.807, 2.05) is 25.5 Å². The highest BCUT2D eigenvalue weighted by Crippen LogP contribution is 2.17. The third-order valence-electron chi connectivity index (χ3n) is 3.55. The summed E-state index contributed by atoms with van der Waals surface area (Å²) in [6.45, 7) is 6.98. The fourth-order valence-electron chi connectivity index (χ4n) is 2.29. The number of nitrogens with zero attached hydrogens (tertiary/aromatic N) is 5. The molecule has 1 amide bonds. The number of rotatable bonds is 5. The van der Waals surface area contributed by atoms with Crippen molar-refractivity contribution in [3.8, 4) is 0 Å². The van der Waals surface area contributed by atoms with Crippen LogP contribution >= 0.6 is 0 Å². The molecular weight excluding hydrogens is 288 g/mol. The quantitative estimate of drug-likeness (QED) is 0.663. The summed E-state index contributed by atoms with van der Waals surface area (Å²) in [5.41, 5.74) is 2.87. The number of aromatic amines is 1. The van der Waals surface area contributed by atoms with Gasteiger partial charge in [-0.2, -0.15) is 5.10 Å². The van der Waals surface area contributed by atoms with Gasteiger partial charge in [-0.1, -0.05) is 5.10 Å². The minimum absolute atomic E-state index is 0.0207. The van der Waals surface area contributed by atoms with Gasteiger partial charge >= 0.3 is 5.82 Å². The molecule has 0 unspecified atom stereocenters. The topological polar surface area (TPSA) is 110 Å². The van der Waals surface area contributed by atoms with Crippen LogP contribution in [0.4, 0.5) is 5.82 Å². The second kappa shape index (κ2) is 5.96. The molecule has 1 N–H and O–H groups in total. The molecule has 0 saturated heterocycles. The Hall–Kier alpha value is -2.71. The first-order chi connectivity index (χ1) is 10.3. The third-order valence-corrected chi connectivity index (χ3v) is 3.55. The lowest BCUT2D eigenvalue weighted by molar-refractivity contribution is -0.389. The van der Waals surface area contributed by atoms with Crippen LogP contribution in [-0.2, 0) is 13.1 Å². The zero-order valence-electron chi connectivity index (χ0n) is 13.0. The van der Waals surface area contributed by atoms with Crippen LogP contribution < -0.4 is 0 Å². The summed E-state index contributed by atoms with van der Waals surface area (Å²) < 4.78 is 1.88. The molecule has 2 rings (SSSR count). The van der Waals surface area contributed by atoms with E-state index in [1.54, 1.807) is 7.05 Å². The molecule has 0 aromatic carbocycles. The molecule has 0 atom stereocenters. The summed E-state index contributed by atoms with van der Waals surface area (Å²) in [7, 11) is 1.63. The molecule has 2 aromatic rings. The van der Waals surface area contributed by atoms with Crippen molar-refractivity contribution < 1.29 is 9.72 Å². The number of nitrogens with one attached hydrogen (secondary N) is 1. The number of amides is 1. The number of H-pyrrole nitrogens is 1. The fraction of sp³-hybridized carbons (Fsp3) is 0.462. The first-order valence-corrected chi connectivity index (χ1v) is 6.83. The van der Waals surface area contributed by atoms with Crippen molar-refractivity contribution in [3.05, 3.63) is 38.8 Å². The molecule has 0 saturated carbocycles. The van der Waals surface area contributed by atoms with Gasteiger partial charge in [-0.3, -0.25) is 9.48 Å². The molecule has 0 spiro atoms.